The van der Waals surface area contributed by atoms with Gasteiger partial charge in [-0.15, -0.1) is 0 Å². The van der Waals surface area contributed by atoms with E-state index in [2.05, 4.69) is 20.8 Å². The smallest absolute Gasteiger partial charge is 0.0243 e. The van der Waals surface area contributed by atoms with E-state index in [1.165, 1.54) is 51.4 Å². The predicted molar refractivity (Wildman–Crippen MR) is 102 cm³/mol. The van der Waals surface area contributed by atoms with Gasteiger partial charge in [0.1, 0.15) is 0 Å². The molecule has 4 unspecified atom stereocenters. The fraction of sp³-hybridized carbons (Fsp3) is 1.00. The molecule has 0 nitrogen and oxygen atoms in total. The number of fused-ring (bicyclic) bond motifs is 1. The minimum atomic E-state index is 0.706. The first kappa shape index (κ1) is 17.8. The molecule has 0 aromatic rings. The Labute approximate surface area is 146 Å². The van der Waals surface area contributed by atoms with Crippen molar-refractivity contribution in [3.63, 3.8) is 0 Å². The van der Waals surface area contributed by atoms with Gasteiger partial charge < -0.3 is 0 Å². The van der Waals surface area contributed by atoms with E-state index >= 15 is 0 Å². The Morgan fingerprint density at radius 1 is 0.783 bits per heavy atom. The summed E-state index contributed by atoms with van der Waals surface area (Å²) in [7, 11) is 0. The summed E-state index contributed by atoms with van der Waals surface area (Å²) in [4.78, 5) is 0. The first-order valence-corrected chi connectivity index (χ1v) is 11.3. The van der Waals surface area contributed by atoms with Crippen molar-refractivity contribution in [2.75, 3.05) is 0 Å². The van der Waals surface area contributed by atoms with Gasteiger partial charge in [-0.05, 0) is 80.0 Å². The molecule has 0 radical (unpaired) electrons. The van der Waals surface area contributed by atoms with Crippen LogP contribution in [0.1, 0.15) is 111 Å². The van der Waals surface area contributed by atoms with Gasteiger partial charge in [0.25, 0.3) is 0 Å². The van der Waals surface area contributed by atoms with Crippen LogP contribution in [0.15, 0.2) is 0 Å². The third-order valence-corrected chi connectivity index (χ3v) is 8.71. The average Bonchev–Trinajstić information content (AvgIpc) is 3.24. The Morgan fingerprint density at radius 2 is 1.39 bits per heavy atom. The van der Waals surface area contributed by atoms with Gasteiger partial charge in [0, 0.05) is 0 Å². The lowest BCUT2D eigenvalue weighted by molar-refractivity contribution is 0.0192. The fourth-order valence-corrected chi connectivity index (χ4v) is 7.56. The van der Waals surface area contributed by atoms with E-state index in [0.29, 0.717) is 5.41 Å². The van der Waals surface area contributed by atoms with Crippen LogP contribution in [-0.2, 0) is 0 Å². The van der Waals surface area contributed by atoms with Crippen molar-refractivity contribution < 1.29 is 0 Å². The van der Waals surface area contributed by atoms with Gasteiger partial charge in [0.15, 0.2) is 0 Å². The maximum absolute atomic E-state index is 2.54. The Balaban J connectivity index is 1.83. The summed E-state index contributed by atoms with van der Waals surface area (Å²) in [5.41, 5.74) is 0.706. The molecule has 0 amide bonds. The highest BCUT2D eigenvalue weighted by Crippen LogP contribution is 2.62. The monoisotopic (exact) mass is 318 g/mol. The van der Waals surface area contributed by atoms with Crippen molar-refractivity contribution in [3.8, 4) is 0 Å². The predicted octanol–water partition coefficient (Wildman–Crippen LogP) is 7.62. The zero-order valence-electron chi connectivity index (χ0n) is 16.3. The van der Waals surface area contributed by atoms with Crippen molar-refractivity contribution in [1.82, 2.24) is 0 Å². The minimum Gasteiger partial charge on any atom is -0.0654 e. The van der Waals surface area contributed by atoms with E-state index in [-0.39, 0.29) is 0 Å². The van der Waals surface area contributed by atoms with Crippen LogP contribution in [0.3, 0.4) is 0 Å². The molecule has 134 valence electrons. The zero-order valence-corrected chi connectivity index (χ0v) is 16.3. The molecule has 0 N–H and O–H groups in total. The molecule has 0 aliphatic heterocycles. The molecule has 0 saturated heterocycles. The first-order chi connectivity index (χ1) is 11.3. The molecule has 4 atom stereocenters. The average molecular weight is 319 g/mol. The Bertz CT molecular complexity index is 347. The van der Waals surface area contributed by atoms with Crippen molar-refractivity contribution in [2.24, 2.45) is 35.0 Å². The standard InChI is InChI=1S/C23H42/c1-4-7-12-18-17-22(21-16-11-10-15-20(18)21)23(5-2,6-3)19-13-8-9-14-19/h18-22H,4-17H2,1-3H3. The molecular weight excluding hydrogens is 276 g/mol. The van der Waals surface area contributed by atoms with Crippen molar-refractivity contribution >= 4 is 0 Å². The van der Waals surface area contributed by atoms with Gasteiger partial charge in [-0.3, -0.25) is 0 Å². The number of unbranched alkanes of at least 4 members (excludes halogenated alkanes) is 1. The quantitative estimate of drug-likeness (QED) is 0.453. The van der Waals surface area contributed by atoms with Crippen LogP contribution in [0.2, 0.25) is 0 Å². The van der Waals surface area contributed by atoms with Crippen LogP contribution in [0, 0.1) is 35.0 Å². The largest absolute Gasteiger partial charge is 0.0654 e. The Morgan fingerprint density at radius 3 is 2.00 bits per heavy atom. The van der Waals surface area contributed by atoms with Crippen molar-refractivity contribution in [1.29, 1.82) is 0 Å². The highest BCUT2D eigenvalue weighted by atomic mass is 14.6. The highest BCUT2D eigenvalue weighted by Gasteiger charge is 2.53. The second kappa shape index (κ2) is 7.92. The van der Waals surface area contributed by atoms with Gasteiger partial charge in [-0.2, -0.15) is 0 Å². The SMILES string of the molecule is CCCCC1CC(C(CC)(CC)C2CCCC2)C2CCCCC12. The lowest BCUT2D eigenvalue weighted by Crippen LogP contribution is -2.39. The molecule has 3 saturated carbocycles. The second-order valence-electron chi connectivity index (χ2n) is 9.28. The molecule has 0 bridgehead atoms. The first-order valence-electron chi connectivity index (χ1n) is 11.3. The molecule has 3 aliphatic rings. The minimum absolute atomic E-state index is 0.706. The zero-order chi connectivity index (χ0) is 16.3. The summed E-state index contributed by atoms with van der Waals surface area (Å²) in [6.45, 7) is 7.46. The normalized spacial score (nSPS) is 35.6. The van der Waals surface area contributed by atoms with Gasteiger partial charge in [0.05, 0.1) is 0 Å². The lowest BCUT2D eigenvalue weighted by Gasteiger charge is -2.47. The fourth-order valence-electron chi connectivity index (χ4n) is 7.56. The third-order valence-electron chi connectivity index (χ3n) is 8.71. The molecule has 0 heteroatoms. The number of hydrogen-bond acceptors (Lipinski definition) is 0. The van der Waals surface area contributed by atoms with Gasteiger partial charge in [0.2, 0.25) is 0 Å². The van der Waals surface area contributed by atoms with Crippen LogP contribution < -0.4 is 0 Å². The summed E-state index contributed by atoms with van der Waals surface area (Å²) < 4.78 is 0. The van der Waals surface area contributed by atoms with E-state index in [1.807, 2.05) is 0 Å². The third kappa shape index (κ3) is 3.25. The molecule has 0 spiro atoms. The lowest BCUT2D eigenvalue weighted by atomic mass is 9.58. The van der Waals surface area contributed by atoms with Crippen LogP contribution >= 0.6 is 0 Å². The van der Waals surface area contributed by atoms with Gasteiger partial charge in [-0.1, -0.05) is 65.7 Å². The highest BCUT2D eigenvalue weighted by molar-refractivity contribution is 5.03. The molecule has 3 aliphatic carbocycles. The van der Waals surface area contributed by atoms with E-state index in [1.54, 1.807) is 38.5 Å². The molecule has 0 aromatic carbocycles. The maximum Gasteiger partial charge on any atom is -0.0243 e. The van der Waals surface area contributed by atoms with Gasteiger partial charge >= 0.3 is 0 Å². The van der Waals surface area contributed by atoms with Crippen LogP contribution in [0.25, 0.3) is 0 Å². The Kier molecular flexibility index (Phi) is 6.13. The van der Waals surface area contributed by atoms with E-state index < -0.39 is 0 Å². The molecular formula is C23H42. The summed E-state index contributed by atoms with van der Waals surface area (Å²) in [5, 5.41) is 0. The molecule has 3 rings (SSSR count). The second-order valence-corrected chi connectivity index (χ2v) is 9.28. The number of rotatable bonds is 7. The topological polar surface area (TPSA) is 0 Å². The summed E-state index contributed by atoms with van der Waals surface area (Å²) in [5.74, 6) is 5.44. The van der Waals surface area contributed by atoms with Gasteiger partial charge in [-0.25, -0.2) is 0 Å². The van der Waals surface area contributed by atoms with E-state index in [0.717, 1.165) is 29.6 Å². The number of hydrogen-bond donors (Lipinski definition) is 0. The summed E-state index contributed by atoms with van der Waals surface area (Å²) >= 11 is 0. The molecule has 0 aromatic heterocycles. The summed E-state index contributed by atoms with van der Waals surface area (Å²) in [6, 6.07) is 0. The molecule has 0 heterocycles. The van der Waals surface area contributed by atoms with Crippen LogP contribution in [0.5, 0.6) is 0 Å². The van der Waals surface area contributed by atoms with Crippen LogP contribution in [0.4, 0.5) is 0 Å². The molecule has 3 fully saturated rings. The van der Waals surface area contributed by atoms with E-state index in [9.17, 15) is 0 Å². The Hall–Kier alpha value is 0. The van der Waals surface area contributed by atoms with Crippen molar-refractivity contribution in [2.45, 2.75) is 111 Å². The molecule has 23 heavy (non-hydrogen) atoms. The van der Waals surface area contributed by atoms with Crippen molar-refractivity contribution in [3.05, 3.63) is 0 Å². The van der Waals surface area contributed by atoms with Crippen LogP contribution in [-0.4, -0.2) is 0 Å². The summed E-state index contributed by atoms with van der Waals surface area (Å²) in [6.07, 6.45) is 21.3. The maximum atomic E-state index is 2.54. The van der Waals surface area contributed by atoms with E-state index in [4.69, 9.17) is 0 Å².